The molecule has 22 nitrogen and oxygen atoms in total. The van der Waals surface area contributed by atoms with Crippen molar-refractivity contribution in [1.82, 2.24) is 28.9 Å². The van der Waals surface area contributed by atoms with E-state index in [4.69, 9.17) is 53.7 Å². The molecule has 0 aliphatic carbocycles. The van der Waals surface area contributed by atoms with Crippen molar-refractivity contribution in [2.24, 2.45) is 0 Å². The van der Waals surface area contributed by atoms with Gasteiger partial charge in [0.15, 0.2) is 24.0 Å². The number of fused-ring (bicyclic) bond motifs is 12. The lowest BCUT2D eigenvalue weighted by atomic mass is 9.76. The highest BCUT2D eigenvalue weighted by molar-refractivity contribution is 7.92. The van der Waals surface area contributed by atoms with Gasteiger partial charge >= 0.3 is 7.12 Å². The number of anilines is 2. The molecule has 17 rings (SSSR count). The first-order chi connectivity index (χ1) is 53.4. The molecule has 5 aliphatic heterocycles. The van der Waals surface area contributed by atoms with E-state index in [9.17, 15) is 39.6 Å². The highest BCUT2D eigenvalue weighted by Crippen LogP contribution is 2.48. The minimum Gasteiger partial charge on any atom is -0.466 e. The van der Waals surface area contributed by atoms with Gasteiger partial charge in [0.2, 0.25) is 20.0 Å². The topological polar surface area (TPSA) is 233 Å². The summed E-state index contributed by atoms with van der Waals surface area (Å²) in [6, 6.07) is 38.6. The number of pyridine rings is 2. The Kier molecular flexibility index (Phi) is 20.9. The van der Waals surface area contributed by atoms with Crippen molar-refractivity contribution in [3.05, 3.63) is 185 Å². The molecule has 0 spiro atoms. The molecule has 12 aromatic rings. The Balaban J connectivity index is 0.000000141. The molecule has 6 aromatic heterocycles. The van der Waals surface area contributed by atoms with Crippen molar-refractivity contribution < 1.29 is 81.1 Å². The predicted octanol–water partition coefficient (Wildman–Crippen LogP) is 15.5. The minimum atomic E-state index is -3.77. The van der Waals surface area contributed by atoms with Gasteiger partial charge in [-0.05, 0) is 149 Å². The molecule has 582 valence electrons. The standard InChI is InChI=1S/C38H34F2N4O6S.C25H29BFNO6S.C19H17ClFN3O2/c1-4-32(45)36-26-18-25(30(42(2)51(3,46)47)20-34(26)50-38(36)22-8-10-23(39)11-9-22)28-12-13-33-37(41-28)31-19-24-27(40)6-5-7-29(24)44(31)35(49-33)21-43-14-16-48-17-15-43;1-8-20(29)22-17-13-18(26-33-24(2,3)25(4,5)34-26)19(28(6)35(7,30)31)14-21(17)32-23(22)15-9-11-16(27)12-10-15;20-17-5-4-16-19(22-17)15-10-12-13(21)2-1-3-14(12)24(15)18(26-16)11-23-6-8-25-9-7-23/h5-13,18-20,35H,4,14-17,21H2,1-3H3;9-14H,8H2,1-7H3;1-5,10,18H,6-9,11H2. The van der Waals surface area contributed by atoms with E-state index in [0.29, 0.717) is 156 Å². The zero-order chi connectivity index (χ0) is 79.2. The van der Waals surface area contributed by atoms with Crippen LogP contribution in [0, 0.1) is 23.3 Å². The van der Waals surface area contributed by atoms with Gasteiger partial charge in [-0.25, -0.2) is 44.4 Å². The molecular formula is C82H80BClF4N8O14S2. The van der Waals surface area contributed by atoms with Crippen LogP contribution in [0.4, 0.5) is 28.9 Å². The maximum absolute atomic E-state index is 15.2. The fourth-order valence-corrected chi connectivity index (χ4v) is 15.9. The molecule has 2 atom stereocenters. The zero-order valence-electron chi connectivity index (χ0n) is 63.1. The summed E-state index contributed by atoms with van der Waals surface area (Å²) in [7, 11) is -5.43. The van der Waals surface area contributed by atoms with E-state index < -0.39 is 56.2 Å². The van der Waals surface area contributed by atoms with E-state index in [0.717, 1.165) is 58.5 Å². The minimum absolute atomic E-state index is 0.160. The average molecular weight is 1590 g/mol. The molecule has 0 bridgehead atoms. The SMILES string of the molecule is CCC(=O)c1c(-c2ccc(F)cc2)oc2cc(N(C)S(C)(=O)=O)c(-c3ccc4c(n3)-c3cc5c(F)cccc5n3C(CN3CCOCC3)O4)cc12.CCC(=O)c1c(-c2ccc(F)cc2)oc2cc(N(C)S(C)(=O)=O)c(B3OC(C)(C)C(C)(C)O3)cc12.Fc1cccc2c1cc1n2C(CN2CCOCC2)Oc2ccc(Cl)nc2-1. The predicted molar refractivity (Wildman–Crippen MR) is 423 cm³/mol. The summed E-state index contributed by atoms with van der Waals surface area (Å²) in [5, 5.41) is 2.34. The first-order valence-electron chi connectivity index (χ1n) is 36.6. The zero-order valence-corrected chi connectivity index (χ0v) is 65.5. The van der Waals surface area contributed by atoms with Crippen molar-refractivity contribution in [1.29, 1.82) is 0 Å². The van der Waals surface area contributed by atoms with Crippen LogP contribution >= 0.6 is 11.6 Å². The highest BCUT2D eigenvalue weighted by atomic mass is 35.5. The number of nitrogens with zero attached hydrogens (tertiary/aromatic N) is 8. The Morgan fingerprint density at radius 3 is 1.43 bits per heavy atom. The average Bonchev–Trinajstić information content (AvgIpc) is 1.59. The van der Waals surface area contributed by atoms with Crippen LogP contribution in [0.3, 0.4) is 0 Å². The molecule has 3 saturated heterocycles. The molecule has 112 heavy (non-hydrogen) atoms. The first kappa shape index (κ1) is 77.4. The summed E-state index contributed by atoms with van der Waals surface area (Å²) in [5.41, 5.74) is 6.86. The fourth-order valence-electron chi connectivity index (χ4n) is 14.7. The third-order valence-corrected chi connectivity index (χ3v) is 24.1. The molecule has 2 unspecified atom stereocenters. The smallest absolute Gasteiger partial charge is 0.466 e. The van der Waals surface area contributed by atoms with E-state index in [1.807, 2.05) is 61.1 Å². The van der Waals surface area contributed by atoms with Crippen molar-refractivity contribution in [2.75, 3.05) is 101 Å². The largest absolute Gasteiger partial charge is 0.497 e. The Morgan fingerprint density at radius 1 is 0.545 bits per heavy atom. The lowest BCUT2D eigenvalue weighted by Crippen LogP contribution is -2.41. The number of carbonyl (C=O) groups is 2. The van der Waals surface area contributed by atoms with Crippen molar-refractivity contribution in [3.8, 4) is 68.2 Å². The Bertz CT molecular complexity index is 5930. The Labute approximate surface area is 649 Å². The lowest BCUT2D eigenvalue weighted by Gasteiger charge is -2.35. The number of carbonyl (C=O) groups excluding carboxylic acids is 2. The first-order valence-corrected chi connectivity index (χ1v) is 40.7. The number of hydrogen-bond acceptors (Lipinski definition) is 18. The number of ketones is 2. The van der Waals surface area contributed by atoms with E-state index in [-0.39, 0.29) is 59.3 Å². The number of morpholine rings is 2. The summed E-state index contributed by atoms with van der Waals surface area (Å²) in [6.45, 7) is 18.2. The highest BCUT2D eigenvalue weighted by Gasteiger charge is 2.53. The Hall–Kier alpha value is -9.95. The van der Waals surface area contributed by atoms with Crippen LogP contribution in [0.25, 0.3) is 100 Å². The van der Waals surface area contributed by atoms with Crippen LogP contribution in [-0.4, -0.2) is 168 Å². The van der Waals surface area contributed by atoms with E-state index in [2.05, 4.69) is 14.8 Å². The van der Waals surface area contributed by atoms with Crippen molar-refractivity contribution in [3.63, 3.8) is 0 Å². The number of furan rings is 2. The van der Waals surface area contributed by atoms with Crippen LogP contribution in [0.2, 0.25) is 5.15 Å². The third kappa shape index (κ3) is 14.6. The molecule has 0 saturated carbocycles. The van der Waals surface area contributed by atoms with Gasteiger partial charge in [-0.3, -0.25) is 28.0 Å². The molecule has 3 fully saturated rings. The summed E-state index contributed by atoms with van der Waals surface area (Å²) < 4.78 is 163. The molecule has 6 aromatic carbocycles. The van der Waals surface area contributed by atoms with E-state index >= 15 is 4.39 Å². The molecule has 11 heterocycles. The maximum atomic E-state index is 15.2. The van der Waals surface area contributed by atoms with E-state index in [1.165, 1.54) is 74.8 Å². The summed E-state index contributed by atoms with van der Waals surface area (Å²) in [6.07, 6.45) is 1.85. The van der Waals surface area contributed by atoms with Gasteiger partial charge < -0.3 is 46.2 Å². The molecular weight excluding hydrogens is 1510 g/mol. The Morgan fingerprint density at radius 2 is 0.973 bits per heavy atom. The maximum Gasteiger partial charge on any atom is 0.497 e. The molecule has 5 aliphatic rings. The number of benzene rings is 6. The van der Waals surface area contributed by atoms with Crippen LogP contribution in [0.15, 0.2) is 154 Å². The van der Waals surface area contributed by atoms with Gasteiger partial charge in [-0.1, -0.05) is 37.6 Å². The molecule has 0 N–H and O–H groups in total. The number of halogens is 5. The second-order valence-corrected chi connectivity index (χ2v) is 33.6. The number of rotatable bonds is 16. The molecule has 0 radical (unpaired) electrons. The summed E-state index contributed by atoms with van der Waals surface area (Å²) in [4.78, 5) is 40.6. The number of hydrogen-bond donors (Lipinski definition) is 0. The van der Waals surface area contributed by atoms with Gasteiger partial charge in [-0.2, -0.15) is 0 Å². The van der Waals surface area contributed by atoms with Crippen LogP contribution in [0.1, 0.15) is 87.6 Å². The quantitative estimate of drug-likeness (QED) is 0.0378. The van der Waals surface area contributed by atoms with Gasteiger partial charge in [0.1, 0.15) is 74.0 Å². The van der Waals surface area contributed by atoms with Gasteiger partial charge in [0.25, 0.3) is 0 Å². The molecule has 0 amide bonds. The number of sulfonamides is 2. The van der Waals surface area contributed by atoms with Gasteiger partial charge in [0, 0.05) is 109 Å². The monoisotopic (exact) mass is 1590 g/mol. The van der Waals surface area contributed by atoms with Gasteiger partial charge in [0.05, 0.1) is 114 Å². The van der Waals surface area contributed by atoms with Crippen molar-refractivity contribution in [2.45, 2.75) is 78.0 Å². The fraction of sp³-hybridized carbons (Fsp3) is 0.317. The summed E-state index contributed by atoms with van der Waals surface area (Å²) in [5.74, 6) is -0.109. The van der Waals surface area contributed by atoms with Crippen molar-refractivity contribution >= 4 is 111 Å². The lowest BCUT2D eigenvalue weighted by molar-refractivity contribution is 0.00426. The second kappa shape index (κ2) is 30.2. The van der Waals surface area contributed by atoms with Gasteiger partial charge in [-0.15, -0.1) is 0 Å². The van der Waals surface area contributed by atoms with Crippen LogP contribution < -0.4 is 23.5 Å². The number of ether oxygens (including phenoxy) is 4. The van der Waals surface area contributed by atoms with Crippen LogP contribution in [0.5, 0.6) is 11.5 Å². The normalized spacial score (nSPS) is 17.4. The number of Topliss-reactive ketones (excluding diaryl/α,β-unsaturated/α-hetero) is 2. The van der Waals surface area contributed by atoms with Crippen LogP contribution in [-0.2, 0) is 38.8 Å². The summed E-state index contributed by atoms with van der Waals surface area (Å²) >= 11 is 6.09. The third-order valence-electron chi connectivity index (χ3n) is 21.5. The molecule has 30 heteroatoms. The number of aromatic nitrogens is 4. The second-order valence-electron chi connectivity index (χ2n) is 29.1. The van der Waals surface area contributed by atoms with E-state index in [1.54, 1.807) is 74.5 Å².